The van der Waals surface area contributed by atoms with Crippen LogP contribution in [0, 0.1) is 39.4 Å². The fourth-order valence-corrected chi connectivity index (χ4v) is 8.78. The molecule has 4 rings (SSSR count). The normalized spacial score (nSPS) is 57.8. The first kappa shape index (κ1) is 19.2. The molecule has 26 heavy (non-hydrogen) atoms. The first-order valence-corrected chi connectivity index (χ1v) is 11.3. The molecule has 150 valence electrons. The van der Waals surface area contributed by atoms with Crippen molar-refractivity contribution in [2.24, 2.45) is 39.4 Å². The summed E-state index contributed by atoms with van der Waals surface area (Å²) in [5, 5.41) is 10.6. The predicted molar refractivity (Wildman–Crippen MR) is 107 cm³/mol. The molecule has 0 aromatic carbocycles. The number of aliphatic hydroxyl groups excluding tert-OH is 1. The van der Waals surface area contributed by atoms with Gasteiger partial charge in [-0.3, -0.25) is 0 Å². The van der Waals surface area contributed by atoms with Crippen LogP contribution in [0.25, 0.3) is 0 Å². The molecule has 0 amide bonds. The van der Waals surface area contributed by atoms with E-state index in [1.165, 1.54) is 57.8 Å². The van der Waals surface area contributed by atoms with E-state index in [9.17, 15) is 5.11 Å². The van der Waals surface area contributed by atoms with Crippen LogP contribution in [0.5, 0.6) is 0 Å². The quantitative estimate of drug-likeness (QED) is 0.670. The Labute approximate surface area is 161 Å². The smallest absolute Gasteiger partial charge is 0.0577 e. The summed E-state index contributed by atoms with van der Waals surface area (Å²) in [5.74, 6) is 2.59. The zero-order valence-corrected chi connectivity index (χ0v) is 18.1. The molecule has 0 aliphatic heterocycles. The zero-order valence-electron chi connectivity index (χ0n) is 18.1. The second kappa shape index (κ2) is 5.96. The molecular formula is C24H42O2. The van der Waals surface area contributed by atoms with Gasteiger partial charge in [-0.1, -0.05) is 27.7 Å². The molecule has 0 spiro atoms. The molecule has 4 aliphatic rings. The van der Waals surface area contributed by atoms with E-state index in [1.54, 1.807) is 0 Å². The first-order valence-electron chi connectivity index (χ1n) is 11.3. The molecule has 0 aromatic heterocycles. The highest BCUT2D eigenvalue weighted by atomic mass is 16.5. The Bertz CT molecular complexity index is 558. The van der Waals surface area contributed by atoms with E-state index in [2.05, 4.69) is 27.7 Å². The van der Waals surface area contributed by atoms with Crippen LogP contribution in [-0.4, -0.2) is 24.4 Å². The molecule has 0 aromatic rings. The van der Waals surface area contributed by atoms with Gasteiger partial charge in [0.05, 0.1) is 12.2 Å². The van der Waals surface area contributed by atoms with Crippen LogP contribution in [0.1, 0.15) is 92.4 Å². The molecule has 0 saturated heterocycles. The van der Waals surface area contributed by atoms with Gasteiger partial charge in [0, 0.05) is 7.11 Å². The van der Waals surface area contributed by atoms with Crippen molar-refractivity contribution in [1.29, 1.82) is 0 Å². The van der Waals surface area contributed by atoms with Gasteiger partial charge in [-0.2, -0.15) is 0 Å². The van der Waals surface area contributed by atoms with E-state index >= 15 is 0 Å². The van der Waals surface area contributed by atoms with E-state index in [4.69, 9.17) is 4.74 Å². The summed E-state index contributed by atoms with van der Waals surface area (Å²) < 4.78 is 5.80. The van der Waals surface area contributed by atoms with Crippen LogP contribution in [0.15, 0.2) is 0 Å². The minimum Gasteiger partial charge on any atom is -0.393 e. The highest BCUT2D eigenvalue weighted by Gasteiger charge is 2.66. The summed E-state index contributed by atoms with van der Waals surface area (Å²) >= 11 is 0. The Kier molecular flexibility index (Phi) is 4.41. The topological polar surface area (TPSA) is 29.5 Å². The van der Waals surface area contributed by atoms with Gasteiger partial charge in [-0.05, 0) is 104 Å². The molecule has 4 fully saturated rings. The van der Waals surface area contributed by atoms with E-state index in [1.807, 2.05) is 14.0 Å². The molecule has 0 bridgehead atoms. The van der Waals surface area contributed by atoms with Crippen molar-refractivity contribution in [1.82, 2.24) is 0 Å². The lowest BCUT2D eigenvalue weighted by molar-refractivity contribution is -0.184. The molecule has 2 heteroatoms. The minimum absolute atomic E-state index is 0.109. The third-order valence-electron chi connectivity index (χ3n) is 11.3. The van der Waals surface area contributed by atoms with Crippen LogP contribution >= 0.6 is 0 Å². The molecule has 1 N–H and O–H groups in total. The van der Waals surface area contributed by atoms with Crippen molar-refractivity contribution in [3.05, 3.63) is 0 Å². The highest BCUT2D eigenvalue weighted by molar-refractivity contribution is 5.15. The van der Waals surface area contributed by atoms with E-state index < -0.39 is 0 Å². The Hall–Kier alpha value is -0.0800. The lowest BCUT2D eigenvalue weighted by Crippen LogP contribution is -2.59. The zero-order chi connectivity index (χ0) is 19.0. The van der Waals surface area contributed by atoms with Gasteiger partial charge in [-0.25, -0.2) is 0 Å². The van der Waals surface area contributed by atoms with Gasteiger partial charge >= 0.3 is 0 Å². The third kappa shape index (κ3) is 2.24. The monoisotopic (exact) mass is 362 g/mol. The van der Waals surface area contributed by atoms with Gasteiger partial charge in [0.2, 0.25) is 0 Å². The maximum absolute atomic E-state index is 10.6. The summed E-state index contributed by atoms with van der Waals surface area (Å²) in [6, 6.07) is 0. The lowest BCUT2D eigenvalue weighted by atomic mass is 9.39. The van der Waals surface area contributed by atoms with Crippen molar-refractivity contribution in [2.45, 2.75) is 105 Å². The first-order chi connectivity index (χ1) is 12.1. The largest absolute Gasteiger partial charge is 0.393 e. The average molecular weight is 363 g/mol. The number of methoxy groups -OCH3 is 1. The van der Waals surface area contributed by atoms with Crippen molar-refractivity contribution >= 4 is 0 Å². The maximum Gasteiger partial charge on any atom is 0.0577 e. The summed E-state index contributed by atoms with van der Waals surface area (Å²) in [6.45, 7) is 12.2. The number of hydrogen-bond donors (Lipinski definition) is 1. The Balaban J connectivity index is 1.64. The van der Waals surface area contributed by atoms with Crippen LogP contribution in [0.2, 0.25) is 0 Å². The summed E-state index contributed by atoms with van der Waals surface area (Å²) in [5.41, 5.74) is 1.37. The summed E-state index contributed by atoms with van der Waals surface area (Å²) in [7, 11) is 1.91. The Morgan fingerprint density at radius 2 is 1.46 bits per heavy atom. The van der Waals surface area contributed by atoms with Crippen LogP contribution < -0.4 is 0 Å². The van der Waals surface area contributed by atoms with Crippen LogP contribution in [0.3, 0.4) is 0 Å². The summed E-state index contributed by atoms with van der Waals surface area (Å²) in [4.78, 5) is 0. The van der Waals surface area contributed by atoms with Crippen LogP contribution in [-0.2, 0) is 4.74 Å². The lowest BCUT2D eigenvalue weighted by Gasteiger charge is -2.66. The second-order valence-corrected chi connectivity index (χ2v) is 11.6. The number of fused-ring (bicyclic) bond motifs is 5. The van der Waals surface area contributed by atoms with Crippen molar-refractivity contribution in [2.75, 3.05) is 7.11 Å². The fraction of sp³-hybridized carbons (Fsp3) is 1.00. The van der Waals surface area contributed by atoms with Gasteiger partial charge in [0.1, 0.15) is 0 Å². The number of hydrogen-bond acceptors (Lipinski definition) is 2. The molecular weight excluding hydrogens is 320 g/mol. The Morgan fingerprint density at radius 3 is 2.12 bits per heavy atom. The van der Waals surface area contributed by atoms with Gasteiger partial charge in [0.25, 0.3) is 0 Å². The van der Waals surface area contributed by atoms with E-state index in [-0.39, 0.29) is 11.5 Å². The molecule has 4 aliphatic carbocycles. The van der Waals surface area contributed by atoms with E-state index in [0.717, 1.165) is 17.8 Å². The van der Waals surface area contributed by atoms with Crippen molar-refractivity contribution in [3.8, 4) is 0 Å². The standard InChI is InChI=1S/C24H42O2/c1-16(25)22(3)13-9-20-18-8-11-21(2)15-17(26-6)7-12-23(21,4)19(18)10-14-24(20,22)5/h16-20,25H,7-15H2,1-6H3/t16-,17-,18+,19-,20-,21-,22+,23+,24-/m0/s1. The van der Waals surface area contributed by atoms with Gasteiger partial charge in [0.15, 0.2) is 0 Å². The SMILES string of the molecule is CO[C@H]1CC[C@]2(C)[C@H]3CC[C@@]4(C)[C@@H](CC[C@]4(C)[C@H](C)O)[C@@H]3CC[C@@]2(C)C1. The van der Waals surface area contributed by atoms with E-state index in [0.29, 0.717) is 22.3 Å². The van der Waals surface area contributed by atoms with Crippen molar-refractivity contribution in [3.63, 3.8) is 0 Å². The maximum atomic E-state index is 10.6. The number of aliphatic hydroxyl groups is 1. The molecule has 9 atom stereocenters. The van der Waals surface area contributed by atoms with Crippen LogP contribution in [0.4, 0.5) is 0 Å². The third-order valence-corrected chi connectivity index (χ3v) is 11.3. The molecule has 4 saturated carbocycles. The second-order valence-electron chi connectivity index (χ2n) is 11.6. The number of rotatable bonds is 2. The molecule has 2 nitrogen and oxygen atoms in total. The van der Waals surface area contributed by atoms with Crippen molar-refractivity contribution < 1.29 is 9.84 Å². The van der Waals surface area contributed by atoms with Gasteiger partial charge in [-0.15, -0.1) is 0 Å². The predicted octanol–water partition coefficient (Wildman–Crippen LogP) is 5.82. The highest BCUT2D eigenvalue weighted by Crippen LogP contribution is 2.73. The molecule has 0 radical (unpaired) electrons. The Morgan fingerprint density at radius 1 is 0.846 bits per heavy atom. The molecule has 0 unspecified atom stereocenters. The van der Waals surface area contributed by atoms with Gasteiger partial charge < -0.3 is 9.84 Å². The number of ether oxygens (including phenoxy) is 1. The molecule has 0 heterocycles. The fourth-order valence-electron chi connectivity index (χ4n) is 8.78. The summed E-state index contributed by atoms with van der Waals surface area (Å²) in [6.07, 6.45) is 12.2. The minimum atomic E-state index is -0.185. The average Bonchev–Trinajstić information content (AvgIpc) is 2.88.